The van der Waals surface area contributed by atoms with Crippen LogP contribution in [0, 0.1) is 0 Å². The van der Waals surface area contributed by atoms with Crippen LogP contribution >= 0.6 is 0 Å². The third-order valence-electron chi connectivity index (χ3n) is 2.07. The summed E-state index contributed by atoms with van der Waals surface area (Å²) in [5.41, 5.74) is 5.67. The molecule has 0 saturated heterocycles. The quantitative estimate of drug-likeness (QED) is 0.682. The lowest BCUT2D eigenvalue weighted by Gasteiger charge is -2.06. The van der Waals surface area contributed by atoms with E-state index in [9.17, 15) is 4.79 Å². The second kappa shape index (κ2) is 3.66. The van der Waals surface area contributed by atoms with Crippen molar-refractivity contribution in [3.8, 4) is 0 Å². The van der Waals surface area contributed by atoms with Crippen molar-refractivity contribution >= 4 is 17.0 Å². The molecule has 0 radical (unpaired) electrons. The number of fused-ring (bicyclic) bond motifs is 1. The Morgan fingerprint density at radius 3 is 3.00 bits per heavy atom. The maximum Gasteiger partial charge on any atom is 0.252 e. The van der Waals surface area contributed by atoms with Crippen molar-refractivity contribution in [3.63, 3.8) is 0 Å². The van der Waals surface area contributed by atoms with Crippen LogP contribution in [0.3, 0.4) is 0 Å². The van der Waals surface area contributed by atoms with E-state index in [0.717, 1.165) is 5.39 Å². The first-order chi connectivity index (χ1) is 7.22. The van der Waals surface area contributed by atoms with E-state index in [-0.39, 0.29) is 24.7 Å². The van der Waals surface area contributed by atoms with Crippen molar-refractivity contribution < 1.29 is 5.11 Å². The molecule has 0 aliphatic heterocycles. The minimum Gasteiger partial charge on any atom is -0.395 e. The molecule has 0 atom stereocenters. The highest BCUT2D eigenvalue weighted by Gasteiger charge is 2.04. The summed E-state index contributed by atoms with van der Waals surface area (Å²) in [7, 11) is 0. The summed E-state index contributed by atoms with van der Waals surface area (Å²) in [6.07, 6.45) is 1.55. The largest absolute Gasteiger partial charge is 0.395 e. The van der Waals surface area contributed by atoms with Crippen LogP contribution in [0.4, 0.5) is 5.95 Å². The fourth-order valence-corrected chi connectivity index (χ4v) is 1.40. The zero-order valence-electron chi connectivity index (χ0n) is 7.92. The summed E-state index contributed by atoms with van der Waals surface area (Å²) in [6, 6.07) is 3.04. The zero-order valence-corrected chi connectivity index (χ0v) is 7.92. The minimum atomic E-state index is -0.213. The molecule has 0 bridgehead atoms. The molecule has 6 nitrogen and oxygen atoms in total. The van der Waals surface area contributed by atoms with Gasteiger partial charge in [-0.05, 0) is 6.07 Å². The third-order valence-corrected chi connectivity index (χ3v) is 2.07. The highest BCUT2D eigenvalue weighted by atomic mass is 16.3. The van der Waals surface area contributed by atoms with Gasteiger partial charge in [-0.2, -0.15) is 4.98 Å². The lowest BCUT2D eigenvalue weighted by atomic mass is 10.3. The number of rotatable bonds is 2. The average molecular weight is 206 g/mol. The van der Waals surface area contributed by atoms with E-state index in [1.54, 1.807) is 12.3 Å². The Balaban J connectivity index is 2.78. The van der Waals surface area contributed by atoms with Crippen LogP contribution < -0.4 is 11.3 Å². The first-order valence-electron chi connectivity index (χ1n) is 4.45. The Bertz CT molecular complexity index is 549. The number of aromatic nitrogens is 3. The van der Waals surface area contributed by atoms with Crippen molar-refractivity contribution in [1.29, 1.82) is 0 Å². The van der Waals surface area contributed by atoms with Crippen LogP contribution in [0.5, 0.6) is 0 Å². The number of anilines is 1. The van der Waals surface area contributed by atoms with Crippen molar-refractivity contribution in [2.75, 3.05) is 12.3 Å². The number of pyridine rings is 1. The highest BCUT2D eigenvalue weighted by Crippen LogP contribution is 2.08. The topological polar surface area (TPSA) is 94.0 Å². The van der Waals surface area contributed by atoms with Gasteiger partial charge in [-0.3, -0.25) is 9.36 Å². The van der Waals surface area contributed by atoms with E-state index in [1.165, 1.54) is 10.6 Å². The Morgan fingerprint density at radius 2 is 2.27 bits per heavy atom. The minimum absolute atomic E-state index is 0.111. The Hall–Kier alpha value is -1.95. The molecule has 15 heavy (non-hydrogen) atoms. The Labute approximate surface area is 85.0 Å². The van der Waals surface area contributed by atoms with Gasteiger partial charge in [0.2, 0.25) is 5.95 Å². The number of hydrogen-bond acceptors (Lipinski definition) is 5. The summed E-state index contributed by atoms with van der Waals surface area (Å²) in [5.74, 6) is 0.111. The molecule has 0 amide bonds. The predicted molar refractivity (Wildman–Crippen MR) is 55.3 cm³/mol. The molecule has 0 aliphatic rings. The molecular formula is C9H10N4O2. The standard InChI is InChI=1S/C9H10N4O2/c10-9-11-5-6-1-2-7(15)13(3-4-14)8(6)12-9/h1-2,5,14H,3-4H2,(H2,10,11,12). The molecule has 0 spiro atoms. The van der Waals surface area contributed by atoms with Gasteiger partial charge < -0.3 is 10.8 Å². The van der Waals surface area contributed by atoms with E-state index in [1.807, 2.05) is 0 Å². The van der Waals surface area contributed by atoms with Crippen LogP contribution in [-0.2, 0) is 6.54 Å². The molecule has 0 aromatic carbocycles. The van der Waals surface area contributed by atoms with Gasteiger partial charge in [-0.15, -0.1) is 0 Å². The van der Waals surface area contributed by atoms with Crippen LogP contribution in [0.2, 0.25) is 0 Å². The predicted octanol–water partition coefficient (Wildman–Crippen LogP) is -0.634. The van der Waals surface area contributed by atoms with Gasteiger partial charge in [-0.25, -0.2) is 4.98 Å². The van der Waals surface area contributed by atoms with Gasteiger partial charge >= 0.3 is 0 Å². The van der Waals surface area contributed by atoms with Gasteiger partial charge in [0.05, 0.1) is 13.2 Å². The summed E-state index contributed by atoms with van der Waals surface area (Å²) in [5, 5.41) is 9.56. The van der Waals surface area contributed by atoms with Gasteiger partial charge in [-0.1, -0.05) is 0 Å². The second-order valence-corrected chi connectivity index (χ2v) is 3.05. The van der Waals surface area contributed by atoms with E-state index in [0.29, 0.717) is 5.65 Å². The second-order valence-electron chi connectivity index (χ2n) is 3.05. The third kappa shape index (κ3) is 1.66. The first-order valence-corrected chi connectivity index (χ1v) is 4.45. The van der Waals surface area contributed by atoms with E-state index >= 15 is 0 Å². The van der Waals surface area contributed by atoms with E-state index in [4.69, 9.17) is 10.8 Å². The lowest BCUT2D eigenvalue weighted by molar-refractivity contribution is 0.276. The summed E-state index contributed by atoms with van der Waals surface area (Å²) in [6.45, 7) is 0.0789. The van der Waals surface area contributed by atoms with Crippen LogP contribution in [-0.4, -0.2) is 26.2 Å². The maximum absolute atomic E-state index is 11.5. The molecule has 0 fully saturated rings. The van der Waals surface area contributed by atoms with Crippen molar-refractivity contribution in [2.45, 2.75) is 6.54 Å². The molecule has 0 saturated carbocycles. The Kier molecular flexibility index (Phi) is 2.34. The monoisotopic (exact) mass is 206 g/mol. The van der Waals surface area contributed by atoms with Crippen LogP contribution in [0.1, 0.15) is 0 Å². The van der Waals surface area contributed by atoms with Gasteiger partial charge in [0.1, 0.15) is 5.65 Å². The molecule has 2 rings (SSSR count). The number of aliphatic hydroxyl groups is 1. The summed E-state index contributed by atoms with van der Waals surface area (Å²) < 4.78 is 1.37. The van der Waals surface area contributed by atoms with Crippen molar-refractivity contribution in [2.24, 2.45) is 0 Å². The SMILES string of the molecule is Nc1ncc2ccc(=O)n(CCO)c2n1. The van der Waals surface area contributed by atoms with Crippen LogP contribution in [0.15, 0.2) is 23.1 Å². The fraction of sp³-hybridized carbons (Fsp3) is 0.222. The van der Waals surface area contributed by atoms with Gasteiger partial charge in [0.25, 0.3) is 5.56 Å². The van der Waals surface area contributed by atoms with Gasteiger partial charge in [0.15, 0.2) is 0 Å². The fourth-order valence-electron chi connectivity index (χ4n) is 1.40. The molecule has 3 N–H and O–H groups in total. The molecule has 2 heterocycles. The lowest BCUT2D eigenvalue weighted by Crippen LogP contribution is -2.22. The number of aliphatic hydroxyl groups excluding tert-OH is 1. The number of nitrogen functional groups attached to an aromatic ring is 1. The van der Waals surface area contributed by atoms with Gasteiger partial charge in [0, 0.05) is 17.6 Å². The van der Waals surface area contributed by atoms with Crippen LogP contribution in [0.25, 0.3) is 11.0 Å². The zero-order chi connectivity index (χ0) is 10.8. The highest BCUT2D eigenvalue weighted by molar-refractivity contribution is 5.74. The molecule has 6 heteroatoms. The molecule has 2 aromatic heterocycles. The van der Waals surface area contributed by atoms with Crippen molar-refractivity contribution in [1.82, 2.24) is 14.5 Å². The number of nitrogens with two attached hydrogens (primary N) is 1. The first kappa shape index (κ1) is 9.60. The van der Waals surface area contributed by atoms with E-state index in [2.05, 4.69) is 9.97 Å². The maximum atomic E-state index is 11.5. The van der Waals surface area contributed by atoms with Crippen molar-refractivity contribution in [3.05, 3.63) is 28.7 Å². The summed E-state index contributed by atoms with van der Waals surface area (Å²) in [4.78, 5) is 19.3. The molecule has 78 valence electrons. The normalized spacial score (nSPS) is 10.7. The molecule has 0 aliphatic carbocycles. The number of hydrogen-bond donors (Lipinski definition) is 2. The summed E-state index contributed by atoms with van der Waals surface area (Å²) >= 11 is 0. The van der Waals surface area contributed by atoms with E-state index < -0.39 is 0 Å². The molecular weight excluding hydrogens is 196 g/mol. The Morgan fingerprint density at radius 1 is 1.47 bits per heavy atom. The molecule has 0 unspecified atom stereocenters. The average Bonchev–Trinajstić information content (AvgIpc) is 2.23. The molecule has 2 aromatic rings. The smallest absolute Gasteiger partial charge is 0.252 e. The number of nitrogens with zero attached hydrogens (tertiary/aromatic N) is 3.